The Bertz CT molecular complexity index is 667. The van der Waals surface area contributed by atoms with Crippen LogP contribution < -0.4 is 5.32 Å². The molecule has 0 saturated heterocycles. The van der Waals surface area contributed by atoms with E-state index in [4.69, 9.17) is 0 Å². The molecule has 1 N–H and O–H groups in total. The van der Waals surface area contributed by atoms with E-state index in [0.29, 0.717) is 11.3 Å². The maximum atomic E-state index is 10.9. The Morgan fingerprint density at radius 2 is 2.05 bits per heavy atom. The lowest BCUT2D eigenvalue weighted by Gasteiger charge is -2.05. The molecular weight excluding hydrogens is 266 g/mol. The smallest absolute Gasteiger partial charge is 0.381 e. The first kappa shape index (κ1) is 13.5. The molecule has 0 radical (unpaired) electrons. The number of nitro groups is 2. The molecular formula is C11H11N5O4. The second-order valence-electron chi connectivity index (χ2n) is 4.02. The van der Waals surface area contributed by atoms with Gasteiger partial charge in [0.05, 0.1) is 11.5 Å². The van der Waals surface area contributed by atoms with Gasteiger partial charge in [-0.1, -0.05) is 6.07 Å². The van der Waals surface area contributed by atoms with E-state index in [1.807, 2.05) is 0 Å². The van der Waals surface area contributed by atoms with Crippen LogP contribution in [-0.4, -0.2) is 26.4 Å². The maximum absolute atomic E-state index is 10.9. The summed E-state index contributed by atoms with van der Waals surface area (Å²) >= 11 is 0. The lowest BCUT2D eigenvalue weighted by atomic mass is 10.1. The van der Waals surface area contributed by atoms with Gasteiger partial charge in [-0.05, 0) is 21.5 Å². The monoisotopic (exact) mass is 277 g/mol. The zero-order chi connectivity index (χ0) is 14.7. The van der Waals surface area contributed by atoms with Gasteiger partial charge >= 0.3 is 5.82 Å². The van der Waals surface area contributed by atoms with Gasteiger partial charge in [-0.2, -0.15) is 0 Å². The summed E-state index contributed by atoms with van der Waals surface area (Å²) in [5, 5.41) is 24.2. The SMILES string of the molecule is CNc1ccc(Cn2cnc([N+](=O)[O-])c2)cc1[N+](=O)[O-]. The molecule has 1 aromatic carbocycles. The Morgan fingerprint density at radius 1 is 1.30 bits per heavy atom. The Kier molecular flexibility index (Phi) is 3.60. The highest BCUT2D eigenvalue weighted by molar-refractivity contribution is 5.62. The van der Waals surface area contributed by atoms with Crippen LogP contribution in [0.25, 0.3) is 0 Å². The molecule has 0 aliphatic rings. The van der Waals surface area contributed by atoms with E-state index in [1.165, 1.54) is 23.2 Å². The minimum absolute atomic E-state index is 0.0420. The van der Waals surface area contributed by atoms with Crippen molar-refractivity contribution in [2.24, 2.45) is 0 Å². The van der Waals surface area contributed by atoms with Crippen LogP contribution in [0.4, 0.5) is 17.2 Å². The minimum Gasteiger partial charge on any atom is -0.383 e. The van der Waals surface area contributed by atoms with E-state index >= 15 is 0 Å². The number of nitrogens with one attached hydrogen (secondary N) is 1. The predicted octanol–water partition coefficient (Wildman–Crippen LogP) is 1.79. The van der Waals surface area contributed by atoms with Gasteiger partial charge in [0.25, 0.3) is 5.69 Å². The average Bonchev–Trinajstić information content (AvgIpc) is 2.87. The number of anilines is 1. The number of nitro benzene ring substituents is 1. The molecule has 0 spiro atoms. The Balaban J connectivity index is 2.26. The van der Waals surface area contributed by atoms with Crippen LogP contribution in [-0.2, 0) is 6.54 Å². The number of rotatable bonds is 5. The lowest BCUT2D eigenvalue weighted by molar-refractivity contribution is -0.389. The number of benzene rings is 1. The molecule has 2 rings (SSSR count). The summed E-state index contributed by atoms with van der Waals surface area (Å²) in [7, 11) is 1.60. The highest BCUT2D eigenvalue weighted by Gasteiger charge is 2.15. The third kappa shape index (κ3) is 2.71. The number of imidazole rings is 1. The molecule has 2 aromatic rings. The fraction of sp³-hybridized carbons (Fsp3) is 0.182. The standard InChI is InChI=1S/C11H11N5O4/c1-12-9-3-2-8(4-10(9)15(17)18)5-14-6-11(13-7-14)16(19)20/h2-4,6-7,12H,5H2,1H3. The Hall–Kier alpha value is -2.97. The van der Waals surface area contributed by atoms with Gasteiger partial charge in [-0.3, -0.25) is 10.1 Å². The van der Waals surface area contributed by atoms with Crippen molar-refractivity contribution in [2.45, 2.75) is 6.54 Å². The number of hydrogen-bond acceptors (Lipinski definition) is 6. The van der Waals surface area contributed by atoms with Crippen molar-refractivity contribution in [3.8, 4) is 0 Å². The van der Waals surface area contributed by atoms with Crippen molar-refractivity contribution < 1.29 is 9.85 Å². The quantitative estimate of drug-likeness (QED) is 0.657. The van der Waals surface area contributed by atoms with E-state index in [0.717, 1.165) is 0 Å². The van der Waals surface area contributed by atoms with Crippen molar-refractivity contribution in [2.75, 3.05) is 12.4 Å². The van der Waals surface area contributed by atoms with E-state index in [9.17, 15) is 20.2 Å². The molecule has 9 heteroatoms. The zero-order valence-electron chi connectivity index (χ0n) is 10.5. The molecule has 20 heavy (non-hydrogen) atoms. The van der Waals surface area contributed by atoms with Crippen LogP contribution in [0.1, 0.15) is 5.56 Å². The van der Waals surface area contributed by atoms with Crippen LogP contribution in [0.5, 0.6) is 0 Å². The van der Waals surface area contributed by atoms with E-state index in [-0.39, 0.29) is 18.1 Å². The largest absolute Gasteiger partial charge is 0.383 e. The third-order valence-corrected chi connectivity index (χ3v) is 2.70. The van der Waals surface area contributed by atoms with Gasteiger partial charge in [-0.15, -0.1) is 0 Å². The molecule has 0 aliphatic heterocycles. The Labute approximate surface area is 113 Å². The summed E-state index contributed by atoms with van der Waals surface area (Å²) in [6.45, 7) is 0.270. The normalized spacial score (nSPS) is 10.2. The van der Waals surface area contributed by atoms with Crippen LogP contribution >= 0.6 is 0 Å². The molecule has 0 amide bonds. The number of hydrogen-bond donors (Lipinski definition) is 1. The van der Waals surface area contributed by atoms with Crippen molar-refractivity contribution >= 4 is 17.2 Å². The number of aromatic nitrogens is 2. The van der Waals surface area contributed by atoms with Crippen molar-refractivity contribution in [3.63, 3.8) is 0 Å². The second kappa shape index (κ2) is 5.34. The molecule has 1 heterocycles. The van der Waals surface area contributed by atoms with Gasteiger partial charge in [0.15, 0.2) is 0 Å². The maximum Gasteiger partial charge on any atom is 0.381 e. The molecule has 1 aromatic heterocycles. The second-order valence-corrected chi connectivity index (χ2v) is 4.02. The highest BCUT2D eigenvalue weighted by Crippen LogP contribution is 2.25. The lowest BCUT2D eigenvalue weighted by Crippen LogP contribution is -2.01. The summed E-state index contributed by atoms with van der Waals surface area (Å²) in [4.78, 5) is 24.0. The topological polar surface area (TPSA) is 116 Å². The molecule has 0 fully saturated rings. The summed E-state index contributed by atoms with van der Waals surface area (Å²) < 4.78 is 1.50. The fourth-order valence-electron chi connectivity index (χ4n) is 1.78. The molecule has 0 saturated carbocycles. The molecule has 0 unspecified atom stereocenters. The number of nitrogens with zero attached hydrogens (tertiary/aromatic N) is 4. The van der Waals surface area contributed by atoms with E-state index in [2.05, 4.69) is 10.3 Å². The van der Waals surface area contributed by atoms with Crippen LogP contribution in [0.3, 0.4) is 0 Å². The van der Waals surface area contributed by atoms with Crippen molar-refractivity contribution in [3.05, 3.63) is 56.5 Å². The molecule has 0 atom stereocenters. The molecule has 0 bridgehead atoms. The summed E-state index contributed by atoms with van der Waals surface area (Å²) in [5.41, 5.74) is 1.03. The van der Waals surface area contributed by atoms with Crippen LogP contribution in [0, 0.1) is 20.2 Å². The average molecular weight is 277 g/mol. The summed E-state index contributed by atoms with van der Waals surface area (Å²) in [5.74, 6) is -0.258. The summed E-state index contributed by atoms with van der Waals surface area (Å²) in [6, 6.07) is 4.74. The first-order valence-electron chi connectivity index (χ1n) is 5.62. The van der Waals surface area contributed by atoms with Gasteiger partial charge in [0.1, 0.15) is 11.9 Å². The summed E-state index contributed by atoms with van der Waals surface area (Å²) in [6.07, 6.45) is 2.59. The molecule has 0 aliphatic carbocycles. The van der Waals surface area contributed by atoms with Crippen LogP contribution in [0.2, 0.25) is 0 Å². The zero-order valence-corrected chi connectivity index (χ0v) is 10.5. The highest BCUT2D eigenvalue weighted by atomic mass is 16.6. The van der Waals surface area contributed by atoms with Gasteiger partial charge in [-0.25, -0.2) is 0 Å². The molecule has 104 valence electrons. The predicted molar refractivity (Wildman–Crippen MR) is 70.6 cm³/mol. The molecule has 9 nitrogen and oxygen atoms in total. The Morgan fingerprint density at radius 3 is 2.60 bits per heavy atom. The first-order valence-corrected chi connectivity index (χ1v) is 5.62. The van der Waals surface area contributed by atoms with Crippen molar-refractivity contribution in [1.82, 2.24) is 9.55 Å². The van der Waals surface area contributed by atoms with Gasteiger partial charge in [0.2, 0.25) is 6.33 Å². The van der Waals surface area contributed by atoms with E-state index in [1.54, 1.807) is 19.2 Å². The van der Waals surface area contributed by atoms with Crippen LogP contribution in [0.15, 0.2) is 30.7 Å². The fourth-order valence-corrected chi connectivity index (χ4v) is 1.78. The first-order chi connectivity index (χ1) is 9.51. The van der Waals surface area contributed by atoms with Gasteiger partial charge in [0, 0.05) is 13.1 Å². The minimum atomic E-state index is -0.594. The van der Waals surface area contributed by atoms with E-state index < -0.39 is 9.85 Å². The van der Waals surface area contributed by atoms with Crippen molar-refractivity contribution in [1.29, 1.82) is 0 Å². The third-order valence-electron chi connectivity index (χ3n) is 2.70. The van der Waals surface area contributed by atoms with Gasteiger partial charge < -0.3 is 20.0 Å².